The van der Waals surface area contributed by atoms with Crippen LogP contribution >= 0.6 is 0 Å². The van der Waals surface area contributed by atoms with Gasteiger partial charge in [-0.1, -0.05) is 12.1 Å². The SMILES string of the molecule is O=C(CC(=O)Nc1ccc(C(F)(F)F)c(C(F)(F)F)c1)NCc1cccc([N+](=O)[O-])c1. The molecular weight excluding hydrogens is 436 g/mol. The number of rotatable bonds is 6. The number of nitro benzene ring substituents is 1. The summed E-state index contributed by atoms with van der Waals surface area (Å²) in [6.45, 7) is -0.160. The summed E-state index contributed by atoms with van der Waals surface area (Å²) >= 11 is 0. The van der Waals surface area contributed by atoms with Crippen molar-refractivity contribution < 1.29 is 40.9 Å². The average molecular weight is 449 g/mol. The normalized spacial score (nSPS) is 11.7. The summed E-state index contributed by atoms with van der Waals surface area (Å²) in [7, 11) is 0. The predicted molar refractivity (Wildman–Crippen MR) is 94.6 cm³/mol. The molecule has 0 saturated carbocycles. The monoisotopic (exact) mass is 449 g/mol. The van der Waals surface area contributed by atoms with Crippen LogP contribution < -0.4 is 10.6 Å². The lowest BCUT2D eigenvalue weighted by Crippen LogP contribution is -2.28. The van der Waals surface area contributed by atoms with E-state index in [9.17, 15) is 46.0 Å². The Labute approximate surface area is 170 Å². The molecule has 2 aromatic carbocycles. The molecule has 0 saturated heterocycles. The summed E-state index contributed by atoms with van der Waals surface area (Å²) in [5.41, 5.74) is -4.31. The second-order valence-electron chi connectivity index (χ2n) is 6.18. The second kappa shape index (κ2) is 9.02. The highest BCUT2D eigenvalue weighted by Gasteiger charge is 2.43. The fraction of sp³-hybridized carbons (Fsp3) is 0.222. The number of hydrogen-bond acceptors (Lipinski definition) is 4. The Hall–Kier alpha value is -3.64. The Morgan fingerprint density at radius 3 is 2.13 bits per heavy atom. The van der Waals surface area contributed by atoms with Crippen LogP contribution in [-0.2, 0) is 28.5 Å². The third-order valence-corrected chi connectivity index (χ3v) is 3.85. The van der Waals surface area contributed by atoms with E-state index < -0.39 is 52.3 Å². The summed E-state index contributed by atoms with van der Waals surface area (Å²) in [4.78, 5) is 33.7. The molecule has 0 unspecified atom stereocenters. The fourth-order valence-electron chi connectivity index (χ4n) is 2.50. The Bertz CT molecular complexity index is 1000. The fourth-order valence-corrected chi connectivity index (χ4v) is 2.50. The third kappa shape index (κ3) is 6.69. The number of amides is 2. The third-order valence-electron chi connectivity index (χ3n) is 3.85. The molecule has 0 heterocycles. The largest absolute Gasteiger partial charge is 0.417 e. The lowest BCUT2D eigenvalue weighted by Gasteiger charge is -2.17. The molecule has 7 nitrogen and oxygen atoms in total. The summed E-state index contributed by atoms with van der Waals surface area (Å²) in [6, 6.07) is 6.24. The first-order valence-corrected chi connectivity index (χ1v) is 8.35. The van der Waals surface area contributed by atoms with E-state index in [0.29, 0.717) is 11.6 Å². The summed E-state index contributed by atoms with van der Waals surface area (Å²) in [5, 5.41) is 14.9. The van der Waals surface area contributed by atoms with Crippen molar-refractivity contribution in [3.05, 3.63) is 69.3 Å². The van der Waals surface area contributed by atoms with Gasteiger partial charge in [-0.2, -0.15) is 26.3 Å². The Morgan fingerprint density at radius 2 is 1.55 bits per heavy atom. The van der Waals surface area contributed by atoms with E-state index in [1.807, 2.05) is 5.32 Å². The molecule has 0 atom stereocenters. The maximum Gasteiger partial charge on any atom is 0.417 e. The van der Waals surface area contributed by atoms with E-state index in [0.717, 1.165) is 0 Å². The lowest BCUT2D eigenvalue weighted by molar-refractivity contribution is -0.384. The Kier molecular flexibility index (Phi) is 6.88. The van der Waals surface area contributed by atoms with Gasteiger partial charge < -0.3 is 10.6 Å². The molecule has 0 aliphatic carbocycles. The zero-order valence-corrected chi connectivity index (χ0v) is 15.3. The average Bonchev–Trinajstić information content (AvgIpc) is 2.65. The second-order valence-corrected chi connectivity index (χ2v) is 6.18. The molecule has 2 N–H and O–H groups in total. The van der Waals surface area contributed by atoms with Gasteiger partial charge in [0.15, 0.2) is 0 Å². The van der Waals surface area contributed by atoms with Crippen LogP contribution in [0.5, 0.6) is 0 Å². The van der Waals surface area contributed by atoms with Crippen LogP contribution in [0.15, 0.2) is 42.5 Å². The van der Waals surface area contributed by atoms with E-state index in [1.165, 1.54) is 24.3 Å². The van der Waals surface area contributed by atoms with Crippen LogP contribution in [0.25, 0.3) is 0 Å². The molecule has 2 aromatic rings. The Balaban J connectivity index is 2.01. The van der Waals surface area contributed by atoms with Crippen LogP contribution in [0.4, 0.5) is 37.7 Å². The van der Waals surface area contributed by atoms with Crippen molar-refractivity contribution in [2.75, 3.05) is 5.32 Å². The molecule has 0 aromatic heterocycles. The minimum Gasteiger partial charge on any atom is -0.352 e. The number of alkyl halides is 6. The summed E-state index contributed by atoms with van der Waals surface area (Å²) < 4.78 is 77.1. The van der Waals surface area contributed by atoms with Crippen LogP contribution in [-0.4, -0.2) is 16.7 Å². The topological polar surface area (TPSA) is 101 Å². The smallest absolute Gasteiger partial charge is 0.352 e. The molecule has 0 radical (unpaired) electrons. The number of halogens is 6. The van der Waals surface area contributed by atoms with Gasteiger partial charge >= 0.3 is 12.4 Å². The number of non-ortho nitro benzene ring substituents is 1. The highest BCUT2D eigenvalue weighted by Crippen LogP contribution is 2.41. The van der Waals surface area contributed by atoms with Crippen molar-refractivity contribution in [1.29, 1.82) is 0 Å². The van der Waals surface area contributed by atoms with Crippen LogP contribution in [0, 0.1) is 10.1 Å². The van der Waals surface area contributed by atoms with E-state index in [1.54, 1.807) is 0 Å². The van der Waals surface area contributed by atoms with E-state index in [-0.39, 0.29) is 24.4 Å². The van der Waals surface area contributed by atoms with Gasteiger partial charge in [0, 0.05) is 24.4 Å². The van der Waals surface area contributed by atoms with Crippen LogP contribution in [0.2, 0.25) is 0 Å². The standard InChI is InChI=1S/C18H13F6N3O4/c19-17(20,21)13-5-4-11(7-14(13)18(22,23)24)26-16(29)8-15(28)25-9-10-2-1-3-12(6-10)27(30)31/h1-7H,8-9H2,(H,25,28)(H,26,29). The van der Waals surface area contributed by atoms with Crippen molar-refractivity contribution in [3.63, 3.8) is 0 Å². The molecule has 0 fully saturated rings. The number of nitro groups is 1. The molecule has 0 aliphatic heterocycles. The maximum atomic E-state index is 12.9. The molecule has 166 valence electrons. The van der Waals surface area contributed by atoms with Crippen molar-refractivity contribution in [2.45, 2.75) is 25.3 Å². The molecular formula is C18H13F6N3O4. The van der Waals surface area contributed by atoms with Crippen LogP contribution in [0.3, 0.4) is 0 Å². The minimum absolute atomic E-state index is 0.127. The molecule has 0 bridgehead atoms. The number of benzene rings is 2. The molecule has 2 rings (SSSR count). The highest BCUT2D eigenvalue weighted by molar-refractivity contribution is 6.03. The zero-order valence-electron chi connectivity index (χ0n) is 15.3. The summed E-state index contributed by atoms with van der Waals surface area (Å²) in [5.74, 6) is -1.92. The maximum absolute atomic E-state index is 12.9. The van der Waals surface area contributed by atoms with Crippen molar-refractivity contribution in [3.8, 4) is 0 Å². The molecule has 0 spiro atoms. The number of nitrogens with one attached hydrogen (secondary N) is 2. The van der Waals surface area contributed by atoms with E-state index in [2.05, 4.69) is 5.32 Å². The van der Waals surface area contributed by atoms with Gasteiger partial charge in [-0.15, -0.1) is 0 Å². The van der Waals surface area contributed by atoms with E-state index in [4.69, 9.17) is 0 Å². The van der Waals surface area contributed by atoms with Crippen LogP contribution in [0.1, 0.15) is 23.1 Å². The van der Waals surface area contributed by atoms with Crippen molar-refractivity contribution >= 4 is 23.2 Å². The number of carbonyl (C=O) groups is 2. The Morgan fingerprint density at radius 1 is 0.903 bits per heavy atom. The van der Waals surface area contributed by atoms with Crippen molar-refractivity contribution in [1.82, 2.24) is 5.32 Å². The number of anilines is 1. The number of hydrogen-bond donors (Lipinski definition) is 2. The van der Waals surface area contributed by atoms with Gasteiger partial charge in [-0.3, -0.25) is 19.7 Å². The predicted octanol–water partition coefficient (Wildman–Crippen LogP) is 4.28. The lowest BCUT2D eigenvalue weighted by atomic mass is 10.1. The number of nitrogens with zero attached hydrogens (tertiary/aromatic N) is 1. The minimum atomic E-state index is -5.32. The van der Waals surface area contributed by atoms with Gasteiger partial charge in [-0.25, -0.2) is 0 Å². The molecule has 0 aliphatic rings. The summed E-state index contributed by atoms with van der Waals surface area (Å²) in [6.07, 6.45) is -11.4. The number of carbonyl (C=O) groups excluding carboxylic acids is 2. The molecule has 13 heteroatoms. The first-order valence-electron chi connectivity index (χ1n) is 8.35. The van der Waals surface area contributed by atoms with Gasteiger partial charge in [-0.05, 0) is 23.8 Å². The highest BCUT2D eigenvalue weighted by atomic mass is 19.4. The van der Waals surface area contributed by atoms with Gasteiger partial charge in [0.2, 0.25) is 11.8 Å². The molecule has 2 amide bonds. The van der Waals surface area contributed by atoms with Crippen molar-refractivity contribution in [2.24, 2.45) is 0 Å². The van der Waals surface area contributed by atoms with Gasteiger partial charge in [0.1, 0.15) is 6.42 Å². The van der Waals surface area contributed by atoms with E-state index >= 15 is 0 Å². The zero-order chi connectivity index (χ0) is 23.4. The van der Waals surface area contributed by atoms with Gasteiger partial charge in [0.25, 0.3) is 5.69 Å². The first kappa shape index (κ1) is 23.6. The quantitative estimate of drug-likeness (QED) is 0.298. The van der Waals surface area contributed by atoms with Gasteiger partial charge in [0.05, 0.1) is 16.1 Å². The molecule has 31 heavy (non-hydrogen) atoms. The first-order chi connectivity index (χ1) is 14.3.